The number of hydrogen-bond acceptors (Lipinski definition) is 6. The molecule has 0 unspecified atom stereocenters. The van der Waals surface area contributed by atoms with E-state index in [0.717, 1.165) is 5.69 Å². The fraction of sp³-hybridized carbons (Fsp3) is 0.294. The fourth-order valence-electron chi connectivity index (χ4n) is 2.00. The molecule has 1 aromatic heterocycles. The molecule has 2 rings (SSSR count). The third kappa shape index (κ3) is 5.76. The first kappa shape index (κ1) is 18.2. The van der Waals surface area contributed by atoms with Crippen molar-refractivity contribution >= 4 is 17.8 Å². The molecule has 1 aromatic carbocycles. The molecule has 8 heteroatoms. The number of ether oxygens (including phenoxy) is 2. The largest absolute Gasteiger partial charge is 0.469 e. The second-order valence-corrected chi connectivity index (χ2v) is 5.10. The van der Waals surface area contributed by atoms with Gasteiger partial charge in [0.25, 0.3) is 5.91 Å². The van der Waals surface area contributed by atoms with Crippen molar-refractivity contribution in [1.82, 2.24) is 15.1 Å². The summed E-state index contributed by atoms with van der Waals surface area (Å²) in [5.74, 6) is -1.35. The Morgan fingerprint density at radius 1 is 1.20 bits per heavy atom. The van der Waals surface area contributed by atoms with Gasteiger partial charge >= 0.3 is 11.9 Å². The van der Waals surface area contributed by atoms with Crippen LogP contribution in [0, 0.1) is 0 Å². The first-order valence-electron chi connectivity index (χ1n) is 7.71. The summed E-state index contributed by atoms with van der Waals surface area (Å²) in [4.78, 5) is 34.4. The molecule has 0 fully saturated rings. The van der Waals surface area contributed by atoms with Gasteiger partial charge in [-0.15, -0.1) is 0 Å². The molecule has 0 radical (unpaired) electrons. The Bertz CT molecular complexity index is 710. The SMILES string of the molecule is COC(=O)CCCNC(=O)COC(=O)c1ccc(-n2cccn2)cc1. The van der Waals surface area contributed by atoms with Gasteiger partial charge in [0.15, 0.2) is 6.61 Å². The third-order valence-electron chi connectivity index (χ3n) is 3.31. The summed E-state index contributed by atoms with van der Waals surface area (Å²) >= 11 is 0. The van der Waals surface area contributed by atoms with E-state index in [1.807, 2.05) is 0 Å². The molecule has 0 spiro atoms. The summed E-state index contributed by atoms with van der Waals surface area (Å²) in [6.45, 7) is -0.0674. The van der Waals surface area contributed by atoms with E-state index in [1.54, 1.807) is 47.4 Å². The number of nitrogens with zero attached hydrogens (tertiary/aromatic N) is 2. The molecule has 0 bridgehead atoms. The Balaban J connectivity index is 1.72. The van der Waals surface area contributed by atoms with Crippen LogP contribution in [-0.2, 0) is 19.1 Å². The smallest absolute Gasteiger partial charge is 0.338 e. The molecule has 0 atom stereocenters. The molecular formula is C17H19N3O5. The van der Waals surface area contributed by atoms with Crippen molar-refractivity contribution in [2.75, 3.05) is 20.3 Å². The summed E-state index contributed by atoms with van der Waals surface area (Å²) in [5.41, 5.74) is 1.15. The van der Waals surface area contributed by atoms with Crippen LogP contribution in [0.1, 0.15) is 23.2 Å². The highest BCUT2D eigenvalue weighted by atomic mass is 16.5. The van der Waals surface area contributed by atoms with E-state index < -0.39 is 11.9 Å². The number of methoxy groups -OCH3 is 1. The lowest BCUT2D eigenvalue weighted by molar-refractivity contribution is -0.140. The van der Waals surface area contributed by atoms with Crippen LogP contribution in [0.15, 0.2) is 42.7 Å². The summed E-state index contributed by atoms with van der Waals surface area (Å²) in [7, 11) is 1.31. The maximum absolute atomic E-state index is 11.9. The highest BCUT2D eigenvalue weighted by molar-refractivity contribution is 5.91. The van der Waals surface area contributed by atoms with Gasteiger partial charge in [-0.25, -0.2) is 9.48 Å². The van der Waals surface area contributed by atoms with E-state index in [4.69, 9.17) is 4.74 Å². The fourth-order valence-corrected chi connectivity index (χ4v) is 2.00. The first-order valence-corrected chi connectivity index (χ1v) is 7.71. The van der Waals surface area contributed by atoms with Crippen LogP contribution in [0.25, 0.3) is 5.69 Å². The van der Waals surface area contributed by atoms with Crippen molar-refractivity contribution < 1.29 is 23.9 Å². The summed E-state index contributed by atoms with van der Waals surface area (Å²) < 4.78 is 11.1. The summed E-state index contributed by atoms with van der Waals surface area (Å²) in [6, 6.07) is 8.47. The van der Waals surface area contributed by atoms with Gasteiger partial charge in [0.1, 0.15) is 0 Å². The van der Waals surface area contributed by atoms with Crippen LogP contribution in [0.4, 0.5) is 0 Å². The molecule has 0 saturated carbocycles. The van der Waals surface area contributed by atoms with Gasteiger partial charge in [-0.1, -0.05) is 0 Å². The average molecular weight is 345 g/mol. The lowest BCUT2D eigenvalue weighted by Gasteiger charge is -2.07. The van der Waals surface area contributed by atoms with E-state index in [1.165, 1.54) is 7.11 Å². The van der Waals surface area contributed by atoms with Crippen LogP contribution in [0.5, 0.6) is 0 Å². The quantitative estimate of drug-likeness (QED) is 0.568. The Morgan fingerprint density at radius 3 is 2.60 bits per heavy atom. The number of amides is 1. The van der Waals surface area contributed by atoms with Gasteiger partial charge in [0, 0.05) is 25.4 Å². The van der Waals surface area contributed by atoms with Crippen LogP contribution < -0.4 is 5.32 Å². The van der Waals surface area contributed by atoms with Crippen molar-refractivity contribution in [1.29, 1.82) is 0 Å². The second-order valence-electron chi connectivity index (χ2n) is 5.10. The average Bonchev–Trinajstić information content (AvgIpc) is 3.18. The topological polar surface area (TPSA) is 99.5 Å². The zero-order valence-corrected chi connectivity index (χ0v) is 13.8. The minimum atomic E-state index is -0.586. The van der Waals surface area contributed by atoms with Crippen molar-refractivity contribution in [3.8, 4) is 5.69 Å². The summed E-state index contributed by atoms with van der Waals surface area (Å²) in [6.07, 6.45) is 4.13. The molecule has 0 aliphatic rings. The highest BCUT2D eigenvalue weighted by Gasteiger charge is 2.10. The molecule has 132 valence electrons. The molecular weight excluding hydrogens is 326 g/mol. The molecule has 0 aliphatic heterocycles. The van der Waals surface area contributed by atoms with E-state index in [2.05, 4.69) is 15.2 Å². The van der Waals surface area contributed by atoms with Crippen LogP contribution in [0.2, 0.25) is 0 Å². The highest BCUT2D eigenvalue weighted by Crippen LogP contribution is 2.09. The summed E-state index contributed by atoms with van der Waals surface area (Å²) in [5, 5.41) is 6.65. The van der Waals surface area contributed by atoms with Crippen LogP contribution >= 0.6 is 0 Å². The van der Waals surface area contributed by atoms with Crippen molar-refractivity contribution in [3.05, 3.63) is 48.3 Å². The Morgan fingerprint density at radius 2 is 1.96 bits per heavy atom. The van der Waals surface area contributed by atoms with Crippen molar-refractivity contribution in [2.45, 2.75) is 12.8 Å². The zero-order chi connectivity index (χ0) is 18.1. The molecule has 8 nitrogen and oxygen atoms in total. The van der Waals surface area contributed by atoms with Crippen molar-refractivity contribution in [3.63, 3.8) is 0 Å². The first-order chi connectivity index (χ1) is 12.1. The van der Waals surface area contributed by atoms with Crippen LogP contribution in [0.3, 0.4) is 0 Å². The number of carbonyl (C=O) groups is 3. The van der Waals surface area contributed by atoms with Gasteiger partial charge in [0.05, 0.1) is 18.4 Å². The van der Waals surface area contributed by atoms with E-state index >= 15 is 0 Å². The monoisotopic (exact) mass is 345 g/mol. The molecule has 0 aliphatic carbocycles. The predicted molar refractivity (Wildman–Crippen MR) is 88.1 cm³/mol. The third-order valence-corrected chi connectivity index (χ3v) is 3.31. The molecule has 25 heavy (non-hydrogen) atoms. The Labute approximate surface area is 144 Å². The van der Waals surface area contributed by atoms with E-state index in [0.29, 0.717) is 18.5 Å². The maximum atomic E-state index is 11.9. The lowest BCUT2D eigenvalue weighted by atomic mass is 10.2. The van der Waals surface area contributed by atoms with Gasteiger partial charge < -0.3 is 14.8 Å². The molecule has 1 heterocycles. The zero-order valence-electron chi connectivity index (χ0n) is 13.8. The minimum Gasteiger partial charge on any atom is -0.469 e. The van der Waals surface area contributed by atoms with E-state index in [9.17, 15) is 14.4 Å². The Hall–Kier alpha value is -3.16. The number of esters is 2. The second kappa shape index (κ2) is 9.21. The van der Waals surface area contributed by atoms with Crippen LogP contribution in [-0.4, -0.2) is 47.9 Å². The number of benzene rings is 1. The maximum Gasteiger partial charge on any atom is 0.338 e. The number of nitrogens with one attached hydrogen (secondary N) is 1. The van der Waals surface area contributed by atoms with Gasteiger partial charge in [-0.2, -0.15) is 5.10 Å². The van der Waals surface area contributed by atoms with Gasteiger partial charge in [-0.3, -0.25) is 9.59 Å². The number of aromatic nitrogens is 2. The molecule has 0 saturated heterocycles. The standard InChI is InChI=1S/C17H19N3O5/c1-24-16(22)4-2-9-18-15(21)12-25-17(23)13-5-7-14(8-6-13)20-11-3-10-19-20/h3,5-8,10-11H,2,4,9,12H2,1H3,(H,18,21). The van der Waals surface area contributed by atoms with Crippen molar-refractivity contribution in [2.24, 2.45) is 0 Å². The molecule has 1 amide bonds. The minimum absolute atomic E-state index is 0.221. The van der Waals surface area contributed by atoms with E-state index in [-0.39, 0.29) is 19.0 Å². The number of rotatable bonds is 8. The number of hydrogen-bond donors (Lipinski definition) is 1. The molecule has 1 N–H and O–H groups in total. The lowest BCUT2D eigenvalue weighted by Crippen LogP contribution is -2.29. The normalized spacial score (nSPS) is 10.1. The predicted octanol–water partition coefficient (Wildman–Crippen LogP) is 1.10. The van der Waals surface area contributed by atoms with Gasteiger partial charge in [-0.05, 0) is 36.8 Å². The molecule has 2 aromatic rings. The number of carbonyl (C=O) groups excluding carboxylic acids is 3. The Kier molecular flexibility index (Phi) is 6.70. The van der Waals surface area contributed by atoms with Gasteiger partial charge in [0.2, 0.25) is 0 Å².